The van der Waals surface area contributed by atoms with Gasteiger partial charge in [0.05, 0.1) is 4.88 Å². The Balaban J connectivity index is 1.73. The van der Waals surface area contributed by atoms with Crippen molar-refractivity contribution in [1.82, 2.24) is 0 Å². The van der Waals surface area contributed by atoms with E-state index in [2.05, 4.69) is 0 Å². The number of hydrogen-bond acceptors (Lipinski definition) is 4. The number of rotatable bonds is 6. The van der Waals surface area contributed by atoms with Crippen LogP contribution < -0.4 is 4.65 Å². The van der Waals surface area contributed by atoms with Gasteiger partial charge in [-0.15, -0.1) is 11.3 Å². The van der Waals surface area contributed by atoms with Gasteiger partial charge in [0.15, 0.2) is 5.78 Å². The van der Waals surface area contributed by atoms with Gasteiger partial charge in [0.2, 0.25) is 0 Å². The number of hydrogen-bond donors (Lipinski definition) is 1. The molecule has 0 aliphatic heterocycles. The van der Waals surface area contributed by atoms with E-state index in [-0.39, 0.29) is 5.78 Å². The molecule has 1 N–H and O–H groups in total. The predicted molar refractivity (Wildman–Crippen MR) is 97.6 cm³/mol. The zero-order valence-electron chi connectivity index (χ0n) is 13.2. The van der Waals surface area contributed by atoms with Gasteiger partial charge in [-0.3, -0.25) is 4.79 Å². The van der Waals surface area contributed by atoms with Crippen LogP contribution >= 0.6 is 11.3 Å². The molecule has 24 heavy (non-hydrogen) atoms. The van der Waals surface area contributed by atoms with Crippen molar-refractivity contribution in [3.63, 3.8) is 0 Å². The van der Waals surface area contributed by atoms with Crippen LogP contribution in [-0.2, 0) is 6.42 Å². The molecule has 3 rings (SSSR count). The van der Waals surface area contributed by atoms with E-state index in [0.29, 0.717) is 19.9 Å². The van der Waals surface area contributed by atoms with Gasteiger partial charge in [-0.25, -0.2) is 0 Å². The average Bonchev–Trinajstić information content (AvgIpc) is 3.06. The minimum atomic E-state index is 0.131. The van der Waals surface area contributed by atoms with Crippen molar-refractivity contribution in [3.8, 4) is 16.2 Å². The van der Waals surface area contributed by atoms with Crippen molar-refractivity contribution in [2.75, 3.05) is 0 Å². The van der Waals surface area contributed by atoms with Gasteiger partial charge in [0, 0.05) is 11.3 Å². The second kappa shape index (κ2) is 7.47. The first-order chi connectivity index (χ1) is 11.7. The zero-order chi connectivity index (χ0) is 16.9. The summed E-state index contributed by atoms with van der Waals surface area (Å²) in [7, 11) is 0.655. The van der Waals surface area contributed by atoms with Gasteiger partial charge >= 0.3 is 7.69 Å². The van der Waals surface area contributed by atoms with Gasteiger partial charge in [0.25, 0.3) is 0 Å². The highest BCUT2D eigenvalue weighted by molar-refractivity contribution is 7.17. The highest BCUT2D eigenvalue weighted by Gasteiger charge is 2.11. The number of Topliss-reactive ketones (excluding diaryl/α,β-unsaturated/α-hetero) is 1. The normalized spacial score (nSPS) is 10.4. The third kappa shape index (κ3) is 3.93. The zero-order valence-corrected chi connectivity index (χ0v) is 14.0. The molecule has 0 aliphatic rings. The molecule has 0 saturated carbocycles. The molecule has 1 radical (unpaired) electrons. The summed E-state index contributed by atoms with van der Waals surface area (Å²) < 4.78 is 4.90. The lowest BCUT2D eigenvalue weighted by Gasteiger charge is -2.02. The van der Waals surface area contributed by atoms with Crippen LogP contribution in [0.4, 0.5) is 0 Å². The number of carbonyl (C=O) groups excluding carboxylic acids is 1. The van der Waals surface area contributed by atoms with Crippen LogP contribution in [0.1, 0.15) is 20.8 Å². The maximum Gasteiger partial charge on any atom is 0.569 e. The van der Waals surface area contributed by atoms with Crippen molar-refractivity contribution in [3.05, 3.63) is 76.7 Å². The topological polar surface area (TPSA) is 46.5 Å². The van der Waals surface area contributed by atoms with E-state index in [1.807, 2.05) is 55.5 Å². The molecule has 0 amide bonds. The molecule has 0 spiro atoms. The standard InChI is InChI=1S/C19H16BO3S/c1-13-3-2-4-14(11-13)12-17(21)19-10-9-18(24-19)15-5-7-16(8-6-15)23-20-22/h2-11,22H,12H2,1H3. The quantitative estimate of drug-likeness (QED) is 0.546. The molecule has 0 atom stereocenters. The summed E-state index contributed by atoms with van der Waals surface area (Å²) >= 11 is 1.49. The van der Waals surface area contributed by atoms with Crippen molar-refractivity contribution in [2.45, 2.75) is 13.3 Å². The predicted octanol–water partition coefficient (Wildman–Crippen LogP) is 4.05. The Kier molecular flexibility index (Phi) is 5.13. The summed E-state index contributed by atoms with van der Waals surface area (Å²) in [5.74, 6) is 0.695. The highest BCUT2D eigenvalue weighted by atomic mass is 32.1. The molecule has 0 saturated heterocycles. The second-order valence-corrected chi connectivity index (χ2v) is 6.58. The van der Waals surface area contributed by atoms with Gasteiger partial charge in [-0.05, 0) is 54.4 Å². The fourth-order valence-corrected chi connectivity index (χ4v) is 3.45. The van der Waals surface area contributed by atoms with E-state index in [0.717, 1.165) is 26.4 Å². The maximum absolute atomic E-state index is 12.5. The smallest absolute Gasteiger partial charge is 0.537 e. The molecule has 0 aliphatic carbocycles. The Labute approximate surface area is 145 Å². The van der Waals surface area contributed by atoms with Crippen LogP contribution in [0.5, 0.6) is 5.75 Å². The molecular formula is C19H16BO3S. The second-order valence-electron chi connectivity index (χ2n) is 5.50. The molecule has 3 nitrogen and oxygen atoms in total. The Morgan fingerprint density at radius 2 is 1.92 bits per heavy atom. The van der Waals surface area contributed by atoms with Gasteiger partial charge in [-0.1, -0.05) is 29.8 Å². The Hall–Kier alpha value is -2.37. The van der Waals surface area contributed by atoms with Crippen molar-refractivity contribution >= 4 is 24.8 Å². The van der Waals surface area contributed by atoms with Crippen molar-refractivity contribution in [1.29, 1.82) is 0 Å². The molecule has 0 bridgehead atoms. The summed E-state index contributed by atoms with van der Waals surface area (Å²) in [6, 6.07) is 19.2. The lowest BCUT2D eigenvalue weighted by molar-refractivity contribution is 0.0997. The summed E-state index contributed by atoms with van der Waals surface area (Å²) in [5.41, 5.74) is 3.21. The van der Waals surface area contributed by atoms with Gasteiger partial charge < -0.3 is 9.68 Å². The lowest BCUT2D eigenvalue weighted by atomic mass is 10.1. The lowest BCUT2D eigenvalue weighted by Crippen LogP contribution is -2.01. The third-order valence-electron chi connectivity index (χ3n) is 3.66. The SMILES string of the molecule is Cc1cccc(CC(=O)c2ccc(-c3ccc(O[B]O)cc3)s2)c1. The fraction of sp³-hybridized carbons (Fsp3) is 0.105. The monoisotopic (exact) mass is 335 g/mol. The molecular weight excluding hydrogens is 319 g/mol. The van der Waals surface area contributed by atoms with E-state index >= 15 is 0 Å². The van der Waals surface area contributed by atoms with Crippen LogP contribution in [0.25, 0.3) is 10.4 Å². The summed E-state index contributed by atoms with van der Waals surface area (Å²) in [5, 5.41) is 8.63. The molecule has 3 aromatic rings. The van der Waals surface area contributed by atoms with Crippen LogP contribution in [0.2, 0.25) is 0 Å². The highest BCUT2D eigenvalue weighted by Crippen LogP contribution is 2.30. The Bertz CT molecular complexity index is 840. The summed E-state index contributed by atoms with van der Waals surface area (Å²) in [6.45, 7) is 2.03. The minimum Gasteiger partial charge on any atom is -0.537 e. The summed E-state index contributed by atoms with van der Waals surface area (Å²) in [6.07, 6.45) is 0.417. The van der Waals surface area contributed by atoms with E-state index in [1.54, 1.807) is 12.1 Å². The fourth-order valence-electron chi connectivity index (χ4n) is 2.50. The van der Waals surface area contributed by atoms with Crippen LogP contribution in [-0.4, -0.2) is 18.5 Å². The van der Waals surface area contributed by atoms with Crippen LogP contribution in [0, 0.1) is 6.92 Å². The number of benzene rings is 2. The maximum atomic E-state index is 12.5. The number of ketones is 1. The molecule has 2 aromatic carbocycles. The minimum absolute atomic E-state index is 0.131. The van der Waals surface area contributed by atoms with Crippen molar-refractivity contribution in [2.24, 2.45) is 0 Å². The van der Waals surface area contributed by atoms with E-state index < -0.39 is 0 Å². The molecule has 5 heteroatoms. The van der Waals surface area contributed by atoms with E-state index in [4.69, 9.17) is 9.68 Å². The Morgan fingerprint density at radius 1 is 1.12 bits per heavy atom. The molecule has 0 fully saturated rings. The molecule has 0 unspecified atom stereocenters. The number of aryl methyl sites for hydroxylation is 1. The van der Waals surface area contributed by atoms with Gasteiger partial charge in [-0.2, -0.15) is 0 Å². The first-order valence-corrected chi connectivity index (χ1v) is 8.39. The van der Waals surface area contributed by atoms with Gasteiger partial charge in [0.1, 0.15) is 5.75 Å². The largest absolute Gasteiger partial charge is 0.569 e. The summed E-state index contributed by atoms with van der Waals surface area (Å²) in [4.78, 5) is 14.3. The van der Waals surface area contributed by atoms with Crippen LogP contribution in [0.15, 0.2) is 60.7 Å². The Morgan fingerprint density at radius 3 is 2.62 bits per heavy atom. The van der Waals surface area contributed by atoms with Crippen LogP contribution in [0.3, 0.4) is 0 Å². The van der Waals surface area contributed by atoms with E-state index in [9.17, 15) is 4.79 Å². The first kappa shape index (κ1) is 16.5. The first-order valence-electron chi connectivity index (χ1n) is 7.57. The molecule has 119 valence electrons. The van der Waals surface area contributed by atoms with Crippen molar-refractivity contribution < 1.29 is 14.5 Å². The third-order valence-corrected chi connectivity index (χ3v) is 4.83. The number of thiophene rings is 1. The van der Waals surface area contributed by atoms with E-state index in [1.165, 1.54) is 11.3 Å². The molecule has 1 heterocycles. The molecule has 1 aromatic heterocycles. The average molecular weight is 335 g/mol. The number of carbonyl (C=O) groups is 1.